The summed E-state index contributed by atoms with van der Waals surface area (Å²) < 4.78 is 38.0. The number of aryl methyl sites for hydroxylation is 4. The molecule has 2 saturated heterocycles. The Bertz CT molecular complexity index is 1010. The van der Waals surface area contributed by atoms with E-state index in [0.29, 0.717) is 54.7 Å². The fraction of sp³-hybridized carbons (Fsp3) is 0.632. The predicted octanol–water partition coefficient (Wildman–Crippen LogP) is 2.21. The molecule has 2 aromatic heterocycles. The van der Waals surface area contributed by atoms with Crippen LogP contribution in [-0.4, -0.2) is 60.0 Å². The Balaban J connectivity index is 1.46. The molecule has 2 aromatic rings. The molecule has 0 N–H and O–H groups in total. The highest BCUT2D eigenvalue weighted by Crippen LogP contribution is 2.43. The molecule has 0 atom stereocenters. The maximum absolute atomic E-state index is 13.1. The first-order valence-corrected chi connectivity index (χ1v) is 11.2. The van der Waals surface area contributed by atoms with Crippen molar-refractivity contribution in [2.75, 3.05) is 26.2 Å². The smallest absolute Gasteiger partial charge is 0.259 e. The molecule has 0 unspecified atom stereocenters. The number of hydrogen-bond acceptors (Lipinski definition) is 7. The highest BCUT2D eigenvalue weighted by atomic mass is 32.2. The topological polar surface area (TPSA) is 110 Å². The lowest BCUT2D eigenvalue weighted by atomic mass is 9.78. The van der Waals surface area contributed by atoms with Gasteiger partial charge in [0.1, 0.15) is 21.9 Å². The van der Waals surface area contributed by atoms with E-state index in [9.17, 15) is 13.2 Å². The number of carbonyl (C=O) groups excluding carboxylic acids is 1. The molecule has 2 aliphatic heterocycles. The van der Waals surface area contributed by atoms with E-state index < -0.39 is 10.0 Å². The van der Waals surface area contributed by atoms with Crippen molar-refractivity contribution >= 4 is 15.9 Å². The Morgan fingerprint density at radius 2 is 1.52 bits per heavy atom. The van der Waals surface area contributed by atoms with E-state index in [1.165, 1.54) is 0 Å². The molecule has 4 heterocycles. The number of piperidine rings is 1. The highest BCUT2D eigenvalue weighted by Gasteiger charge is 2.46. The summed E-state index contributed by atoms with van der Waals surface area (Å²) in [5.41, 5.74) is 1.44. The van der Waals surface area contributed by atoms with Gasteiger partial charge in [0.2, 0.25) is 10.0 Å². The fourth-order valence-electron chi connectivity index (χ4n) is 4.61. The number of carbonyl (C=O) groups is 1. The SMILES string of the molecule is Cc1noc(C)c1C(=O)N1CCC2(CC1)CCN(S(=O)(=O)c1c(C)noc1C)C2. The predicted molar refractivity (Wildman–Crippen MR) is 103 cm³/mol. The average Bonchev–Trinajstić information content (AvgIpc) is 3.34. The van der Waals surface area contributed by atoms with E-state index in [4.69, 9.17) is 9.05 Å². The number of likely N-dealkylation sites (tertiary alicyclic amines) is 1. The van der Waals surface area contributed by atoms with Crippen LogP contribution in [0, 0.1) is 33.1 Å². The van der Waals surface area contributed by atoms with Crippen molar-refractivity contribution in [3.63, 3.8) is 0 Å². The van der Waals surface area contributed by atoms with E-state index in [2.05, 4.69) is 10.3 Å². The van der Waals surface area contributed by atoms with Gasteiger partial charge in [-0.1, -0.05) is 10.3 Å². The zero-order valence-electron chi connectivity index (χ0n) is 17.2. The van der Waals surface area contributed by atoms with Crippen LogP contribution < -0.4 is 0 Å². The summed E-state index contributed by atoms with van der Waals surface area (Å²) in [7, 11) is -3.63. The Morgan fingerprint density at radius 1 is 0.931 bits per heavy atom. The minimum atomic E-state index is -3.63. The van der Waals surface area contributed by atoms with Gasteiger partial charge in [-0.25, -0.2) is 8.42 Å². The van der Waals surface area contributed by atoms with Crippen molar-refractivity contribution in [2.45, 2.75) is 51.9 Å². The third-order valence-electron chi connectivity index (χ3n) is 6.33. The molecule has 2 aliphatic rings. The zero-order valence-corrected chi connectivity index (χ0v) is 18.0. The number of aromatic nitrogens is 2. The van der Waals surface area contributed by atoms with Crippen LogP contribution in [-0.2, 0) is 10.0 Å². The Kier molecular flexibility index (Phi) is 4.81. The van der Waals surface area contributed by atoms with Crippen LogP contribution in [0.4, 0.5) is 0 Å². The first-order valence-electron chi connectivity index (χ1n) is 9.80. The van der Waals surface area contributed by atoms with Gasteiger partial charge >= 0.3 is 0 Å². The summed E-state index contributed by atoms with van der Waals surface area (Å²) in [5.74, 6) is 0.794. The number of rotatable bonds is 3. The first kappa shape index (κ1) is 20.1. The van der Waals surface area contributed by atoms with E-state index in [-0.39, 0.29) is 16.2 Å². The maximum Gasteiger partial charge on any atom is 0.259 e. The summed E-state index contributed by atoms with van der Waals surface area (Å²) in [6.45, 7) is 8.92. The van der Waals surface area contributed by atoms with Crippen LogP contribution in [0.3, 0.4) is 0 Å². The third kappa shape index (κ3) is 3.28. The first-order chi connectivity index (χ1) is 13.6. The van der Waals surface area contributed by atoms with Gasteiger partial charge in [-0.2, -0.15) is 4.31 Å². The molecule has 4 rings (SSSR count). The minimum absolute atomic E-state index is 0.0608. The van der Waals surface area contributed by atoms with Gasteiger partial charge in [-0.3, -0.25) is 4.79 Å². The summed E-state index contributed by atoms with van der Waals surface area (Å²) in [5, 5.41) is 7.66. The van der Waals surface area contributed by atoms with E-state index >= 15 is 0 Å². The summed E-state index contributed by atoms with van der Waals surface area (Å²) in [6, 6.07) is 0. The lowest BCUT2D eigenvalue weighted by Crippen LogP contribution is -2.45. The molecule has 0 aromatic carbocycles. The molecule has 0 saturated carbocycles. The molecule has 0 radical (unpaired) electrons. The van der Waals surface area contributed by atoms with E-state index in [1.54, 1.807) is 32.0 Å². The summed E-state index contributed by atoms with van der Waals surface area (Å²) in [6.07, 6.45) is 2.34. The van der Waals surface area contributed by atoms with Crippen LogP contribution in [0.15, 0.2) is 13.9 Å². The van der Waals surface area contributed by atoms with Gasteiger partial charge in [-0.15, -0.1) is 0 Å². The third-order valence-corrected chi connectivity index (χ3v) is 8.42. The van der Waals surface area contributed by atoms with Gasteiger partial charge in [0, 0.05) is 26.2 Å². The average molecular weight is 423 g/mol. The van der Waals surface area contributed by atoms with Crippen LogP contribution in [0.25, 0.3) is 0 Å². The largest absolute Gasteiger partial charge is 0.361 e. The van der Waals surface area contributed by atoms with Crippen molar-refractivity contribution in [3.05, 3.63) is 28.5 Å². The lowest BCUT2D eigenvalue weighted by molar-refractivity contribution is 0.0597. The quantitative estimate of drug-likeness (QED) is 0.746. The molecule has 1 spiro atoms. The maximum atomic E-state index is 13.1. The normalized spacial score (nSPS) is 19.9. The Labute approximate surface area is 170 Å². The van der Waals surface area contributed by atoms with Crippen molar-refractivity contribution in [3.8, 4) is 0 Å². The van der Waals surface area contributed by atoms with Gasteiger partial charge in [-0.05, 0) is 52.4 Å². The Hall–Kier alpha value is -2.20. The number of nitrogens with zero attached hydrogens (tertiary/aromatic N) is 4. The second-order valence-electron chi connectivity index (χ2n) is 8.23. The molecular weight excluding hydrogens is 396 g/mol. The molecule has 1 amide bonds. The highest BCUT2D eigenvalue weighted by molar-refractivity contribution is 7.89. The van der Waals surface area contributed by atoms with Crippen LogP contribution in [0.1, 0.15) is 52.5 Å². The Morgan fingerprint density at radius 3 is 2.07 bits per heavy atom. The van der Waals surface area contributed by atoms with E-state index in [0.717, 1.165) is 19.3 Å². The molecule has 9 nitrogen and oxygen atoms in total. The van der Waals surface area contributed by atoms with Crippen molar-refractivity contribution in [1.29, 1.82) is 0 Å². The monoisotopic (exact) mass is 422 g/mol. The number of hydrogen-bond donors (Lipinski definition) is 0. The molecule has 10 heteroatoms. The number of amides is 1. The minimum Gasteiger partial charge on any atom is -0.361 e. The summed E-state index contributed by atoms with van der Waals surface area (Å²) >= 11 is 0. The van der Waals surface area contributed by atoms with Crippen LogP contribution >= 0.6 is 0 Å². The number of sulfonamides is 1. The van der Waals surface area contributed by atoms with Crippen LogP contribution in [0.5, 0.6) is 0 Å². The lowest BCUT2D eigenvalue weighted by Gasteiger charge is -2.39. The van der Waals surface area contributed by atoms with Crippen molar-refractivity contribution in [2.24, 2.45) is 5.41 Å². The second kappa shape index (κ2) is 6.94. The van der Waals surface area contributed by atoms with Crippen molar-refractivity contribution < 1.29 is 22.3 Å². The molecular formula is C19H26N4O5S. The molecule has 0 aliphatic carbocycles. The second-order valence-corrected chi connectivity index (χ2v) is 10.1. The molecule has 0 bridgehead atoms. The molecule has 158 valence electrons. The van der Waals surface area contributed by atoms with Crippen molar-refractivity contribution in [1.82, 2.24) is 19.5 Å². The van der Waals surface area contributed by atoms with E-state index in [1.807, 2.05) is 4.90 Å². The van der Waals surface area contributed by atoms with Gasteiger partial charge < -0.3 is 13.9 Å². The van der Waals surface area contributed by atoms with Crippen LogP contribution in [0.2, 0.25) is 0 Å². The zero-order chi connectivity index (χ0) is 21.0. The fourth-order valence-corrected chi connectivity index (χ4v) is 6.45. The standard InChI is InChI=1S/C19H26N4O5S/c1-12-16(14(3)27-20-12)18(24)22-8-5-19(6-9-22)7-10-23(11-19)29(25,26)17-13(2)21-28-15(17)4/h5-11H2,1-4H3. The van der Waals surface area contributed by atoms with Gasteiger partial charge in [0.05, 0.1) is 5.69 Å². The van der Waals surface area contributed by atoms with Gasteiger partial charge in [0.25, 0.3) is 5.91 Å². The van der Waals surface area contributed by atoms with Gasteiger partial charge in [0.15, 0.2) is 5.76 Å². The summed E-state index contributed by atoms with van der Waals surface area (Å²) in [4.78, 5) is 14.9. The molecule has 2 fully saturated rings. The molecule has 29 heavy (non-hydrogen) atoms.